The predicted molar refractivity (Wildman–Crippen MR) is 83.8 cm³/mol. The summed E-state index contributed by atoms with van der Waals surface area (Å²) in [6, 6.07) is 7.19. The van der Waals surface area contributed by atoms with Gasteiger partial charge in [0, 0.05) is 17.1 Å². The van der Waals surface area contributed by atoms with Gasteiger partial charge < -0.3 is 9.73 Å². The van der Waals surface area contributed by atoms with Gasteiger partial charge in [0.15, 0.2) is 0 Å². The van der Waals surface area contributed by atoms with Crippen LogP contribution in [0.3, 0.4) is 0 Å². The van der Waals surface area contributed by atoms with E-state index in [1.54, 1.807) is 0 Å². The van der Waals surface area contributed by atoms with Crippen LogP contribution >= 0.6 is 0 Å². The Morgan fingerprint density at radius 2 is 1.73 bits per heavy atom. The van der Waals surface area contributed by atoms with E-state index < -0.39 is 50.4 Å². The average molecular weight is 368 g/mol. The molecule has 0 spiro atoms. The number of non-ortho nitro benzene ring substituents is 1. The van der Waals surface area contributed by atoms with Crippen molar-refractivity contribution in [2.75, 3.05) is 5.32 Å². The number of nitrogens with one attached hydrogen (secondary N) is 1. The third-order valence-corrected chi connectivity index (χ3v) is 3.51. The number of halogens is 4. The number of para-hydroxylation sites is 1. The van der Waals surface area contributed by atoms with Gasteiger partial charge in [-0.2, -0.15) is 13.2 Å². The smallest absolute Gasteiger partial charge is 0.414 e. The maximum absolute atomic E-state index is 13.6. The minimum Gasteiger partial charge on any atom is -0.414 e. The summed E-state index contributed by atoms with van der Waals surface area (Å²) in [5.41, 5.74) is -5.33. The number of fused-ring (bicyclic) bond motifs is 1. The molecule has 0 bridgehead atoms. The molecule has 134 valence electrons. The maximum Gasteiger partial charge on any atom is 0.419 e. The Morgan fingerprint density at radius 1 is 1.08 bits per heavy atom. The summed E-state index contributed by atoms with van der Waals surface area (Å²) in [6.45, 7) is 0. The maximum atomic E-state index is 13.6. The van der Waals surface area contributed by atoms with Crippen molar-refractivity contribution in [1.82, 2.24) is 0 Å². The highest BCUT2D eigenvalue weighted by Crippen LogP contribution is 2.41. The molecule has 0 aliphatic rings. The lowest BCUT2D eigenvalue weighted by atomic mass is 10.1. The molecular formula is C16H8F4N2O4. The van der Waals surface area contributed by atoms with Crippen LogP contribution in [0.5, 0.6) is 0 Å². The van der Waals surface area contributed by atoms with E-state index in [0.717, 1.165) is 42.5 Å². The van der Waals surface area contributed by atoms with Gasteiger partial charge in [0.2, 0.25) is 5.58 Å². The number of hydrogen-bond acceptors (Lipinski definition) is 5. The molecule has 3 rings (SSSR count). The molecule has 6 nitrogen and oxygen atoms in total. The second-order valence-corrected chi connectivity index (χ2v) is 5.18. The Labute approximate surface area is 141 Å². The van der Waals surface area contributed by atoms with Crippen molar-refractivity contribution >= 4 is 28.0 Å². The van der Waals surface area contributed by atoms with Crippen LogP contribution in [0, 0.1) is 15.9 Å². The lowest BCUT2D eigenvalue weighted by Gasteiger charge is -2.15. The van der Waals surface area contributed by atoms with Crippen LogP contribution in [0.2, 0.25) is 0 Å². The van der Waals surface area contributed by atoms with Crippen molar-refractivity contribution in [3.8, 4) is 0 Å². The monoisotopic (exact) mass is 368 g/mol. The summed E-state index contributed by atoms with van der Waals surface area (Å²) in [7, 11) is 0. The van der Waals surface area contributed by atoms with E-state index in [2.05, 4.69) is 5.32 Å². The Hall–Kier alpha value is -3.43. The summed E-state index contributed by atoms with van der Waals surface area (Å²) in [5, 5.41) is 12.6. The summed E-state index contributed by atoms with van der Waals surface area (Å²) in [5.74, 6) is -0.618. The fourth-order valence-electron chi connectivity index (χ4n) is 2.44. The first-order chi connectivity index (χ1) is 12.2. The number of anilines is 2. The zero-order valence-corrected chi connectivity index (χ0v) is 12.6. The highest BCUT2D eigenvalue weighted by Gasteiger charge is 2.39. The number of benzene rings is 2. The van der Waals surface area contributed by atoms with E-state index in [-0.39, 0.29) is 5.69 Å². The molecule has 0 fully saturated rings. The third kappa shape index (κ3) is 3.08. The molecule has 0 radical (unpaired) electrons. The molecule has 3 aromatic rings. The topological polar surface area (TPSA) is 85.4 Å². The fourth-order valence-corrected chi connectivity index (χ4v) is 2.44. The minimum atomic E-state index is -5.01. The molecule has 1 aromatic heterocycles. The Balaban J connectivity index is 2.32. The Bertz CT molecular complexity index is 1060. The van der Waals surface area contributed by atoms with Gasteiger partial charge in [-0.05, 0) is 24.3 Å². The van der Waals surface area contributed by atoms with E-state index in [1.165, 1.54) is 0 Å². The zero-order valence-electron chi connectivity index (χ0n) is 12.6. The van der Waals surface area contributed by atoms with Crippen molar-refractivity contribution in [2.24, 2.45) is 0 Å². The number of nitro groups is 1. The molecule has 1 N–H and O–H groups in total. The fraction of sp³-hybridized carbons (Fsp3) is 0.0625. The molecule has 0 saturated heterocycles. The van der Waals surface area contributed by atoms with E-state index in [4.69, 9.17) is 4.42 Å². The molecule has 1 heterocycles. The molecule has 26 heavy (non-hydrogen) atoms. The molecule has 0 unspecified atom stereocenters. The summed E-state index contributed by atoms with van der Waals surface area (Å²) in [4.78, 5) is 22.2. The second-order valence-electron chi connectivity index (χ2n) is 5.18. The molecule has 0 amide bonds. The van der Waals surface area contributed by atoms with Crippen molar-refractivity contribution in [1.29, 1.82) is 0 Å². The molecule has 0 aliphatic carbocycles. The highest BCUT2D eigenvalue weighted by atomic mass is 19.4. The lowest BCUT2D eigenvalue weighted by molar-refractivity contribution is -0.383. The number of rotatable bonds is 3. The third-order valence-electron chi connectivity index (χ3n) is 3.51. The molecule has 0 aliphatic heterocycles. The van der Waals surface area contributed by atoms with Gasteiger partial charge in [0.05, 0.1) is 10.5 Å². The van der Waals surface area contributed by atoms with Crippen molar-refractivity contribution in [3.63, 3.8) is 0 Å². The number of nitro benzene ring substituents is 1. The summed E-state index contributed by atoms with van der Waals surface area (Å²) < 4.78 is 58.6. The second kappa shape index (κ2) is 6.14. The van der Waals surface area contributed by atoms with Crippen LogP contribution in [-0.2, 0) is 6.18 Å². The van der Waals surface area contributed by atoms with Crippen LogP contribution < -0.4 is 10.9 Å². The van der Waals surface area contributed by atoms with Crippen LogP contribution in [0.1, 0.15) is 5.56 Å². The van der Waals surface area contributed by atoms with E-state index in [9.17, 15) is 32.5 Å². The van der Waals surface area contributed by atoms with Crippen LogP contribution in [-0.4, -0.2) is 4.92 Å². The highest BCUT2D eigenvalue weighted by molar-refractivity contribution is 5.92. The number of alkyl halides is 3. The summed E-state index contributed by atoms with van der Waals surface area (Å²) in [6.07, 6.45) is -5.01. The predicted octanol–water partition coefficient (Wildman–Crippen LogP) is 4.60. The van der Waals surface area contributed by atoms with Crippen molar-refractivity contribution in [2.45, 2.75) is 6.18 Å². The largest absolute Gasteiger partial charge is 0.419 e. The van der Waals surface area contributed by atoms with Gasteiger partial charge >= 0.3 is 17.5 Å². The van der Waals surface area contributed by atoms with Crippen molar-refractivity contribution < 1.29 is 26.9 Å². The lowest BCUT2D eigenvalue weighted by Crippen LogP contribution is -2.17. The first kappa shape index (κ1) is 17.4. The summed E-state index contributed by atoms with van der Waals surface area (Å²) >= 11 is 0. The molecule has 0 saturated carbocycles. The quantitative estimate of drug-likeness (QED) is 0.316. The van der Waals surface area contributed by atoms with E-state index in [0.29, 0.717) is 0 Å². The number of nitrogens with zero attached hydrogens (tertiary/aromatic N) is 1. The van der Waals surface area contributed by atoms with Gasteiger partial charge in [0.1, 0.15) is 11.5 Å². The van der Waals surface area contributed by atoms with Gasteiger partial charge in [-0.15, -0.1) is 0 Å². The Kier molecular flexibility index (Phi) is 4.10. The van der Waals surface area contributed by atoms with Gasteiger partial charge in [-0.3, -0.25) is 10.1 Å². The number of hydrogen-bond donors (Lipinski definition) is 1. The minimum absolute atomic E-state index is 0.00832. The van der Waals surface area contributed by atoms with Crippen LogP contribution in [0.25, 0.3) is 11.0 Å². The normalized spacial score (nSPS) is 11.5. The first-order valence-corrected chi connectivity index (χ1v) is 7.02. The standard InChI is InChI=1S/C16H8F4N2O4/c17-8-4-6-9(7-5-8)21-13-12(16(18,19)20)10-2-1-3-11(22(24)25)14(10)26-15(13)23/h1-7,21H. The van der Waals surface area contributed by atoms with E-state index >= 15 is 0 Å². The SMILES string of the molecule is O=c1oc2c([N+](=O)[O-])cccc2c(C(F)(F)F)c1Nc1ccc(F)cc1. The molecular weight excluding hydrogens is 360 g/mol. The van der Waals surface area contributed by atoms with Gasteiger partial charge in [-0.25, -0.2) is 9.18 Å². The van der Waals surface area contributed by atoms with Gasteiger partial charge in [-0.1, -0.05) is 12.1 Å². The molecule has 2 aromatic carbocycles. The average Bonchev–Trinajstić information content (AvgIpc) is 2.55. The zero-order chi connectivity index (χ0) is 19.1. The van der Waals surface area contributed by atoms with Gasteiger partial charge in [0.25, 0.3) is 0 Å². The first-order valence-electron chi connectivity index (χ1n) is 7.02. The molecule has 0 atom stereocenters. The molecule has 10 heteroatoms. The van der Waals surface area contributed by atoms with Crippen LogP contribution in [0.15, 0.2) is 51.7 Å². The Morgan fingerprint density at radius 3 is 2.31 bits per heavy atom. The van der Waals surface area contributed by atoms with Crippen LogP contribution in [0.4, 0.5) is 34.6 Å². The van der Waals surface area contributed by atoms with E-state index in [1.807, 2.05) is 0 Å². The van der Waals surface area contributed by atoms with Crippen molar-refractivity contribution in [3.05, 3.63) is 74.4 Å².